The van der Waals surface area contributed by atoms with Gasteiger partial charge in [-0.1, -0.05) is 0 Å². The molecular weight excluding hydrogens is 383 g/mol. The number of imidazole rings is 1. The van der Waals surface area contributed by atoms with Crippen LogP contribution in [0.5, 0.6) is 5.75 Å². The van der Waals surface area contributed by atoms with E-state index in [2.05, 4.69) is 29.7 Å². The summed E-state index contributed by atoms with van der Waals surface area (Å²) in [6.07, 6.45) is 6.78. The highest BCUT2D eigenvalue weighted by Crippen LogP contribution is 2.21. The maximum Gasteiger partial charge on any atom is 0.165 e. The third kappa shape index (κ3) is 5.05. The summed E-state index contributed by atoms with van der Waals surface area (Å²) >= 11 is 0. The second kappa shape index (κ2) is 9.84. The molecule has 0 amide bonds. The van der Waals surface area contributed by atoms with Gasteiger partial charge in [0.1, 0.15) is 23.4 Å². The SMILES string of the molecule is CCNc1ncnc2c1ncn2CCCN1CCC(COc2ccc(F)cc2)CC1. The van der Waals surface area contributed by atoms with E-state index in [4.69, 9.17) is 4.74 Å². The van der Waals surface area contributed by atoms with E-state index >= 15 is 0 Å². The van der Waals surface area contributed by atoms with E-state index in [1.54, 1.807) is 18.5 Å². The second-order valence-electron chi connectivity index (χ2n) is 7.77. The lowest BCUT2D eigenvalue weighted by molar-refractivity contribution is 0.139. The Morgan fingerprint density at radius 1 is 1.10 bits per heavy atom. The average Bonchev–Trinajstić information content (AvgIpc) is 3.19. The smallest absolute Gasteiger partial charge is 0.165 e. The molecule has 1 fully saturated rings. The van der Waals surface area contributed by atoms with Crippen LogP contribution in [0.2, 0.25) is 0 Å². The van der Waals surface area contributed by atoms with E-state index in [9.17, 15) is 4.39 Å². The molecule has 1 N–H and O–H groups in total. The van der Waals surface area contributed by atoms with Crippen molar-refractivity contribution in [3.05, 3.63) is 42.7 Å². The summed E-state index contributed by atoms with van der Waals surface area (Å²) < 4.78 is 20.9. The van der Waals surface area contributed by atoms with Gasteiger partial charge in [-0.2, -0.15) is 0 Å². The Morgan fingerprint density at radius 3 is 2.67 bits per heavy atom. The van der Waals surface area contributed by atoms with Crippen LogP contribution in [0.25, 0.3) is 11.2 Å². The highest BCUT2D eigenvalue weighted by molar-refractivity contribution is 5.82. The van der Waals surface area contributed by atoms with E-state index in [-0.39, 0.29) is 5.82 Å². The van der Waals surface area contributed by atoms with E-state index in [0.717, 1.165) is 74.7 Å². The number of likely N-dealkylation sites (tertiary alicyclic amines) is 1. The largest absolute Gasteiger partial charge is 0.493 e. The van der Waals surface area contributed by atoms with E-state index < -0.39 is 0 Å². The van der Waals surface area contributed by atoms with Crippen molar-refractivity contribution in [3.8, 4) is 5.75 Å². The summed E-state index contributed by atoms with van der Waals surface area (Å²) in [7, 11) is 0. The molecule has 1 aromatic carbocycles. The van der Waals surface area contributed by atoms with Crippen LogP contribution in [0, 0.1) is 11.7 Å². The number of ether oxygens (including phenoxy) is 1. The number of hydrogen-bond donors (Lipinski definition) is 1. The van der Waals surface area contributed by atoms with Crippen molar-refractivity contribution in [3.63, 3.8) is 0 Å². The first kappa shape index (κ1) is 20.5. The predicted octanol–water partition coefficient (Wildman–Crippen LogP) is 3.58. The predicted molar refractivity (Wildman–Crippen MR) is 115 cm³/mol. The number of aryl methyl sites for hydroxylation is 1. The second-order valence-corrected chi connectivity index (χ2v) is 7.77. The first-order valence-corrected chi connectivity index (χ1v) is 10.7. The van der Waals surface area contributed by atoms with Crippen molar-refractivity contribution in [1.82, 2.24) is 24.4 Å². The molecular formula is C22H29FN6O. The van der Waals surface area contributed by atoms with Crippen LogP contribution in [-0.4, -0.2) is 57.2 Å². The van der Waals surface area contributed by atoms with E-state index in [1.807, 2.05) is 13.3 Å². The molecule has 3 heterocycles. The molecule has 1 aliphatic heterocycles. The van der Waals surface area contributed by atoms with Gasteiger partial charge in [0.2, 0.25) is 0 Å². The zero-order valence-corrected chi connectivity index (χ0v) is 17.4. The molecule has 0 atom stereocenters. The lowest BCUT2D eigenvalue weighted by atomic mass is 9.97. The number of fused-ring (bicyclic) bond motifs is 1. The standard InChI is InChI=1S/C22H29FN6O/c1-2-24-21-20-22(26-15-25-21)29(16-27-20)11-3-10-28-12-8-17(9-13-28)14-30-19-6-4-18(23)5-7-19/h4-7,15-17H,2-3,8-14H2,1H3,(H,24,25,26). The maximum atomic E-state index is 13.0. The Hall–Kier alpha value is -2.74. The Bertz CT molecular complexity index is 936. The van der Waals surface area contributed by atoms with Gasteiger partial charge in [0.25, 0.3) is 0 Å². The van der Waals surface area contributed by atoms with Gasteiger partial charge in [-0.3, -0.25) is 0 Å². The molecule has 8 heteroatoms. The molecule has 1 saturated heterocycles. The van der Waals surface area contributed by atoms with Gasteiger partial charge in [-0.15, -0.1) is 0 Å². The molecule has 1 aliphatic rings. The summed E-state index contributed by atoms with van der Waals surface area (Å²) in [5.41, 5.74) is 1.72. The number of hydrogen-bond acceptors (Lipinski definition) is 6. The molecule has 4 rings (SSSR count). The van der Waals surface area contributed by atoms with Gasteiger partial charge in [0.05, 0.1) is 12.9 Å². The quantitative estimate of drug-likeness (QED) is 0.579. The van der Waals surface area contributed by atoms with Gasteiger partial charge < -0.3 is 19.5 Å². The van der Waals surface area contributed by atoms with Crippen molar-refractivity contribution < 1.29 is 9.13 Å². The van der Waals surface area contributed by atoms with Crippen molar-refractivity contribution >= 4 is 17.0 Å². The fourth-order valence-corrected chi connectivity index (χ4v) is 3.93. The van der Waals surface area contributed by atoms with Crippen molar-refractivity contribution in [1.29, 1.82) is 0 Å². The van der Waals surface area contributed by atoms with Crippen LogP contribution in [0.4, 0.5) is 10.2 Å². The lowest BCUT2D eigenvalue weighted by Crippen LogP contribution is -2.36. The van der Waals surface area contributed by atoms with Crippen LogP contribution < -0.4 is 10.1 Å². The van der Waals surface area contributed by atoms with Crippen LogP contribution in [0.1, 0.15) is 26.2 Å². The normalized spacial score (nSPS) is 15.5. The molecule has 0 aliphatic carbocycles. The molecule has 160 valence electrons. The van der Waals surface area contributed by atoms with Gasteiger partial charge in [-0.05, 0) is 76.0 Å². The number of rotatable bonds is 9. The first-order chi connectivity index (χ1) is 14.7. The molecule has 30 heavy (non-hydrogen) atoms. The molecule has 2 aromatic heterocycles. The van der Waals surface area contributed by atoms with Crippen LogP contribution in [0.3, 0.4) is 0 Å². The topological polar surface area (TPSA) is 68.1 Å². The van der Waals surface area contributed by atoms with Gasteiger partial charge in [-0.25, -0.2) is 19.3 Å². The number of aromatic nitrogens is 4. The molecule has 0 unspecified atom stereocenters. The average molecular weight is 413 g/mol. The number of anilines is 1. The minimum Gasteiger partial charge on any atom is -0.493 e. The number of halogens is 1. The summed E-state index contributed by atoms with van der Waals surface area (Å²) in [4.78, 5) is 15.7. The summed E-state index contributed by atoms with van der Waals surface area (Å²) in [5.74, 6) is 1.87. The minimum absolute atomic E-state index is 0.232. The Labute approximate surface area is 176 Å². The van der Waals surface area contributed by atoms with E-state index in [0.29, 0.717) is 12.5 Å². The molecule has 0 spiro atoms. The van der Waals surface area contributed by atoms with Crippen LogP contribution in [-0.2, 0) is 6.54 Å². The summed E-state index contributed by atoms with van der Waals surface area (Å²) in [5, 5.41) is 3.24. The molecule has 0 bridgehead atoms. The number of benzene rings is 1. The lowest BCUT2D eigenvalue weighted by Gasteiger charge is -2.31. The fraction of sp³-hybridized carbons (Fsp3) is 0.500. The molecule has 0 radical (unpaired) electrons. The first-order valence-electron chi connectivity index (χ1n) is 10.7. The van der Waals surface area contributed by atoms with E-state index in [1.165, 1.54) is 12.1 Å². The minimum atomic E-state index is -0.232. The number of piperidine rings is 1. The summed E-state index contributed by atoms with van der Waals surface area (Å²) in [6, 6.07) is 6.26. The number of nitrogens with zero attached hydrogens (tertiary/aromatic N) is 5. The molecule has 0 saturated carbocycles. The highest BCUT2D eigenvalue weighted by atomic mass is 19.1. The van der Waals surface area contributed by atoms with Crippen molar-refractivity contribution in [2.45, 2.75) is 32.7 Å². The molecule has 3 aromatic rings. The Kier molecular flexibility index (Phi) is 6.74. The van der Waals surface area contributed by atoms with Gasteiger partial charge in [0, 0.05) is 13.1 Å². The highest BCUT2D eigenvalue weighted by Gasteiger charge is 2.19. The molecule has 7 nitrogen and oxygen atoms in total. The fourth-order valence-electron chi connectivity index (χ4n) is 3.93. The summed E-state index contributed by atoms with van der Waals surface area (Å²) in [6.45, 7) is 7.70. The Morgan fingerprint density at radius 2 is 1.90 bits per heavy atom. The van der Waals surface area contributed by atoms with Crippen molar-refractivity contribution in [2.75, 3.05) is 38.1 Å². The van der Waals surface area contributed by atoms with Gasteiger partial charge in [0.15, 0.2) is 11.5 Å². The Balaban J connectivity index is 1.19. The maximum absolute atomic E-state index is 13.0. The van der Waals surface area contributed by atoms with Crippen LogP contribution >= 0.6 is 0 Å². The van der Waals surface area contributed by atoms with Crippen LogP contribution in [0.15, 0.2) is 36.9 Å². The third-order valence-corrected chi connectivity index (χ3v) is 5.63. The van der Waals surface area contributed by atoms with Crippen molar-refractivity contribution in [2.24, 2.45) is 5.92 Å². The monoisotopic (exact) mass is 412 g/mol. The zero-order valence-electron chi connectivity index (χ0n) is 17.4. The third-order valence-electron chi connectivity index (χ3n) is 5.63. The zero-order chi connectivity index (χ0) is 20.8. The number of nitrogens with one attached hydrogen (secondary N) is 1. The van der Waals surface area contributed by atoms with Gasteiger partial charge >= 0.3 is 0 Å².